The highest BCUT2D eigenvalue weighted by Gasteiger charge is 2.52. The first-order chi connectivity index (χ1) is 16.9. The quantitative estimate of drug-likeness (QED) is 0.0350. The van der Waals surface area contributed by atoms with E-state index in [1.165, 1.54) is 5.32 Å². The van der Waals surface area contributed by atoms with E-state index < -0.39 is 107 Å². The van der Waals surface area contributed by atoms with E-state index in [4.69, 9.17) is 15.1 Å². The van der Waals surface area contributed by atoms with Gasteiger partial charge in [-0.1, -0.05) is 10.1 Å². The summed E-state index contributed by atoms with van der Waals surface area (Å²) < 4.78 is 117. The van der Waals surface area contributed by atoms with Crippen molar-refractivity contribution in [1.82, 2.24) is 20.9 Å². The number of rotatable bonds is 19. The highest BCUT2D eigenvalue weighted by atomic mass is 32.2. The number of carbonyl (C=O) groups excluding carboxylic acids is 3. The molecule has 0 rings (SSSR count). The number of nitrogens with one attached hydrogen (secondary N) is 3. The molecule has 218 valence electrons. The summed E-state index contributed by atoms with van der Waals surface area (Å²) in [5.41, 5.74) is 0. The Balaban J connectivity index is 5.05. The number of halogens is 6. The number of alkyl halides is 6. The van der Waals surface area contributed by atoms with E-state index in [0.717, 1.165) is 4.90 Å². The second-order valence-corrected chi connectivity index (χ2v) is 9.18. The molecule has 0 aliphatic heterocycles. The molecule has 6 N–H and O–H groups in total. The molecule has 16 nitrogen and oxygen atoms in total. The summed E-state index contributed by atoms with van der Waals surface area (Å²) in [6, 6.07) is 0. The van der Waals surface area contributed by atoms with Gasteiger partial charge in [0.05, 0.1) is 0 Å². The first kappa shape index (κ1) is 35.3. The summed E-state index contributed by atoms with van der Waals surface area (Å²) in [6.45, 7) is -3.38. The summed E-state index contributed by atoms with van der Waals surface area (Å²) in [7, 11) is -6.11. The lowest BCUT2D eigenvalue weighted by atomic mass is 10.4. The average Bonchev–Trinajstić information content (AvgIpc) is 2.79. The van der Waals surface area contributed by atoms with Crippen LogP contribution in [-0.2, 0) is 43.2 Å². The fraction of sp³-hybridized carbons (Fsp3) is 0.750. The van der Waals surface area contributed by atoms with E-state index in [2.05, 4.69) is 18.7 Å². The second kappa shape index (κ2) is 15.7. The van der Waals surface area contributed by atoms with Crippen molar-refractivity contribution in [3.05, 3.63) is 0 Å². The smallest absolute Gasteiger partial charge is 0.349 e. The van der Waals surface area contributed by atoms with E-state index in [1.807, 2.05) is 0 Å². The molecule has 0 aliphatic rings. The van der Waals surface area contributed by atoms with Crippen LogP contribution in [0.4, 0.5) is 26.3 Å². The van der Waals surface area contributed by atoms with Crippen molar-refractivity contribution in [2.24, 2.45) is 0 Å². The number of amides is 3. The summed E-state index contributed by atoms with van der Waals surface area (Å²) >= 11 is -1.77. The van der Waals surface area contributed by atoms with Gasteiger partial charge in [0.2, 0.25) is 0 Å². The molecule has 0 spiro atoms. The van der Waals surface area contributed by atoms with Crippen LogP contribution in [0.15, 0.2) is 0 Å². The van der Waals surface area contributed by atoms with Gasteiger partial charge in [-0.2, -0.15) is 34.8 Å². The number of carbonyl (C=O) groups is 3. The molecule has 0 aliphatic carbocycles. The summed E-state index contributed by atoms with van der Waals surface area (Å²) in [6.07, 6.45) is 0. The zero-order valence-electron chi connectivity index (χ0n) is 17.7. The van der Waals surface area contributed by atoms with Crippen molar-refractivity contribution in [2.45, 2.75) is 15.8 Å². The molecule has 25 heteroatoms. The van der Waals surface area contributed by atoms with Gasteiger partial charge in [-0.3, -0.25) is 23.8 Å². The fourth-order valence-electron chi connectivity index (χ4n) is 1.94. The number of nitrogens with zero attached hydrogens (tertiary/aromatic N) is 1. The Hall–Kier alpha value is -1.68. The molecule has 0 radical (unpaired) electrons. The highest BCUT2D eigenvalue weighted by Crippen LogP contribution is 2.30. The van der Waals surface area contributed by atoms with Crippen LogP contribution in [0, 0.1) is 0 Å². The van der Waals surface area contributed by atoms with Gasteiger partial charge in [0.1, 0.15) is 24.1 Å². The molecule has 3 amide bonds. The van der Waals surface area contributed by atoms with Gasteiger partial charge >= 0.3 is 43.6 Å². The van der Waals surface area contributed by atoms with Crippen LogP contribution < -0.4 is 16.0 Å². The Kier molecular flexibility index (Phi) is 15.0. The zero-order valence-corrected chi connectivity index (χ0v) is 20.1. The van der Waals surface area contributed by atoms with E-state index in [-0.39, 0.29) is 0 Å². The van der Waals surface area contributed by atoms with Crippen molar-refractivity contribution < 1.29 is 83.0 Å². The monoisotopic (exact) mass is 620 g/mol. The first-order valence-electron chi connectivity index (χ1n) is 8.92. The number of hydrogen-bond acceptors (Lipinski definition) is 14. The van der Waals surface area contributed by atoms with Crippen LogP contribution in [0.25, 0.3) is 0 Å². The minimum Gasteiger partial charge on any atom is -0.349 e. The molecular weight excluding hydrogens is 602 g/mol. The second-order valence-electron chi connectivity index (χ2n) is 6.09. The lowest BCUT2D eigenvalue weighted by molar-refractivity contribution is -0.433. The highest BCUT2D eigenvalue weighted by molar-refractivity contribution is 7.96. The third kappa shape index (κ3) is 12.6. The van der Waals surface area contributed by atoms with Crippen LogP contribution in [0.2, 0.25) is 0 Å². The molecule has 0 saturated heterocycles. The molecule has 0 bridgehead atoms. The Morgan fingerprint density at radius 2 is 1.05 bits per heavy atom. The minimum absolute atomic E-state index is 0.434. The Morgan fingerprint density at radius 1 is 0.730 bits per heavy atom. The van der Waals surface area contributed by atoms with Gasteiger partial charge in [0.25, 0.3) is 0 Å². The standard InChI is InChI=1S/C12H18F6N4O12S3/c13-10(14,35-33-31-26)7(23)19-1-4-22(5-2-20-8(24)11(15,16)36-34-32-27)6-3-21-9(25)12(17,18)37(28,29)30/h26-27H,1-6H2,(H,19,23)(H,20,24)(H,21,25)(H,28,29,30). The Labute approximate surface area is 211 Å². The zero-order chi connectivity index (χ0) is 28.9. The van der Waals surface area contributed by atoms with E-state index in [1.54, 1.807) is 10.6 Å². The summed E-state index contributed by atoms with van der Waals surface area (Å²) in [4.78, 5) is 35.2. The Bertz CT molecular complexity index is 833. The maximum atomic E-state index is 13.4. The molecule has 37 heavy (non-hydrogen) atoms. The summed E-state index contributed by atoms with van der Waals surface area (Å²) in [5.74, 6) is -6.33. The average molecular weight is 620 g/mol. The van der Waals surface area contributed by atoms with Gasteiger partial charge in [-0.05, 0) is 0 Å². The Morgan fingerprint density at radius 3 is 1.35 bits per heavy atom. The van der Waals surface area contributed by atoms with Crippen molar-refractivity contribution in [2.75, 3.05) is 39.3 Å². The lowest BCUT2D eigenvalue weighted by Gasteiger charge is -2.24. The van der Waals surface area contributed by atoms with Crippen molar-refractivity contribution in [1.29, 1.82) is 0 Å². The van der Waals surface area contributed by atoms with Gasteiger partial charge in [-0.15, -0.1) is 8.67 Å². The lowest BCUT2D eigenvalue weighted by Crippen LogP contribution is -2.49. The topological polar surface area (TPSA) is 222 Å². The molecule has 0 heterocycles. The first-order valence-corrected chi connectivity index (χ1v) is 11.8. The molecule has 0 unspecified atom stereocenters. The molecule has 0 aromatic heterocycles. The predicted octanol–water partition coefficient (Wildman–Crippen LogP) is -0.558. The van der Waals surface area contributed by atoms with Crippen LogP contribution in [-0.4, -0.2) is 101 Å². The molecular formula is C12H18F6N4O12S3. The normalized spacial score (nSPS) is 12.9. The van der Waals surface area contributed by atoms with Crippen molar-refractivity contribution in [3.63, 3.8) is 0 Å². The van der Waals surface area contributed by atoms with Crippen molar-refractivity contribution in [3.8, 4) is 0 Å². The fourth-order valence-corrected chi connectivity index (χ4v) is 2.77. The van der Waals surface area contributed by atoms with Gasteiger partial charge in [0.15, 0.2) is 0 Å². The van der Waals surface area contributed by atoms with E-state index in [9.17, 15) is 49.1 Å². The summed E-state index contributed by atoms with van der Waals surface area (Å²) in [5, 5.41) is 12.7. The van der Waals surface area contributed by atoms with Crippen LogP contribution in [0.1, 0.15) is 0 Å². The van der Waals surface area contributed by atoms with Crippen molar-refractivity contribution >= 4 is 51.9 Å². The van der Waals surface area contributed by atoms with Gasteiger partial charge < -0.3 is 16.0 Å². The molecule has 0 atom stereocenters. The third-order valence-corrected chi connectivity index (χ3v) is 5.48. The van der Waals surface area contributed by atoms with Gasteiger partial charge in [-0.25, -0.2) is 10.5 Å². The van der Waals surface area contributed by atoms with Crippen LogP contribution in [0.5, 0.6) is 0 Å². The van der Waals surface area contributed by atoms with Gasteiger partial charge in [0, 0.05) is 39.3 Å². The van der Waals surface area contributed by atoms with E-state index >= 15 is 0 Å². The number of hydrogen-bond donors (Lipinski definition) is 6. The predicted molar refractivity (Wildman–Crippen MR) is 107 cm³/mol. The maximum absolute atomic E-state index is 13.4. The molecule has 0 aromatic carbocycles. The minimum atomic E-state index is -6.11. The molecule has 0 aromatic rings. The van der Waals surface area contributed by atoms with E-state index in [0.29, 0.717) is 0 Å². The SMILES string of the molecule is O=C(NCCN(CCNC(=O)C(F)(F)SOOO)CCNC(=O)C(F)(F)S(=O)(=O)O)C(F)(F)SOOO. The third-order valence-electron chi connectivity index (χ3n) is 3.60. The largest absolute Gasteiger partial charge is 0.446 e. The van der Waals surface area contributed by atoms with Crippen LogP contribution in [0.3, 0.4) is 0 Å². The maximum Gasteiger partial charge on any atom is 0.446 e. The molecule has 0 fully saturated rings. The molecule has 0 saturated carbocycles. The van der Waals surface area contributed by atoms with Crippen LogP contribution >= 0.6 is 24.1 Å².